The fraction of sp³-hybridized carbons (Fsp3) is 0.250. The maximum atomic E-state index is 12.0. The molecule has 5 heteroatoms. The molecule has 0 aliphatic rings. The number of aromatic nitrogens is 1. The largest absolute Gasteiger partial charge is 0.507 e. The van der Waals surface area contributed by atoms with Gasteiger partial charge >= 0.3 is 0 Å². The molecular weight excluding hydrogens is 223 g/mol. The van der Waals surface area contributed by atoms with E-state index in [2.05, 4.69) is 5.32 Å². The molecule has 0 saturated heterocycles. The Morgan fingerprint density at radius 2 is 2.29 bits per heavy atom. The van der Waals surface area contributed by atoms with Crippen LogP contribution < -0.4 is 5.32 Å². The van der Waals surface area contributed by atoms with Crippen molar-refractivity contribution in [3.05, 3.63) is 30.0 Å². The van der Waals surface area contributed by atoms with Crippen molar-refractivity contribution in [1.29, 1.82) is 0 Å². The fourth-order valence-electron chi connectivity index (χ4n) is 1.81. The third-order valence-electron chi connectivity index (χ3n) is 2.68. The Bertz CT molecular complexity index is 563. The van der Waals surface area contributed by atoms with Crippen molar-refractivity contribution in [3.8, 4) is 5.75 Å². The highest BCUT2D eigenvalue weighted by molar-refractivity contribution is 6.00. The normalized spacial score (nSPS) is 10.7. The van der Waals surface area contributed by atoms with Crippen LogP contribution in [0.1, 0.15) is 10.5 Å². The van der Waals surface area contributed by atoms with Crippen LogP contribution in [0, 0.1) is 0 Å². The number of carbonyl (C=O) groups excluding carboxylic acids is 1. The van der Waals surface area contributed by atoms with E-state index in [1.165, 1.54) is 0 Å². The molecule has 0 aliphatic carbocycles. The molecule has 0 unspecified atom stereocenters. The van der Waals surface area contributed by atoms with Gasteiger partial charge in [0.1, 0.15) is 18.1 Å². The van der Waals surface area contributed by atoms with Gasteiger partial charge in [-0.25, -0.2) is 4.39 Å². The monoisotopic (exact) mass is 236 g/mol. The number of nitrogens with one attached hydrogen (secondary N) is 1. The summed E-state index contributed by atoms with van der Waals surface area (Å²) in [5.74, 6) is -0.219. The van der Waals surface area contributed by atoms with Gasteiger partial charge in [0.15, 0.2) is 0 Å². The molecule has 0 radical (unpaired) electrons. The van der Waals surface area contributed by atoms with Crippen molar-refractivity contribution in [1.82, 2.24) is 9.88 Å². The van der Waals surface area contributed by atoms with Crippen LogP contribution in [0.5, 0.6) is 5.75 Å². The second-order valence-electron chi connectivity index (χ2n) is 3.74. The van der Waals surface area contributed by atoms with Gasteiger partial charge in [0.05, 0.1) is 5.52 Å². The van der Waals surface area contributed by atoms with Crippen molar-refractivity contribution in [2.45, 2.75) is 0 Å². The molecule has 0 saturated carbocycles. The highest BCUT2D eigenvalue weighted by Gasteiger charge is 2.14. The number of carbonyl (C=O) groups is 1. The van der Waals surface area contributed by atoms with E-state index in [0.717, 1.165) is 5.52 Å². The number of aromatic hydroxyl groups is 1. The highest BCUT2D eigenvalue weighted by atomic mass is 19.1. The predicted octanol–water partition coefficient (Wildman–Crippen LogP) is 1.58. The molecule has 1 amide bonds. The molecule has 0 fully saturated rings. The smallest absolute Gasteiger partial charge is 0.268 e. The summed E-state index contributed by atoms with van der Waals surface area (Å²) in [5, 5.41) is 12.7. The highest BCUT2D eigenvalue weighted by Crippen LogP contribution is 2.26. The Hall–Kier alpha value is -2.04. The summed E-state index contributed by atoms with van der Waals surface area (Å²) in [5.41, 5.74) is 1.16. The number of nitrogens with zero attached hydrogens (tertiary/aromatic N) is 1. The van der Waals surface area contributed by atoms with Crippen molar-refractivity contribution in [3.63, 3.8) is 0 Å². The van der Waals surface area contributed by atoms with Gasteiger partial charge in [0.2, 0.25) is 0 Å². The molecule has 4 nitrogen and oxygen atoms in total. The van der Waals surface area contributed by atoms with E-state index in [4.69, 9.17) is 0 Å². The van der Waals surface area contributed by atoms with E-state index >= 15 is 0 Å². The first-order chi connectivity index (χ1) is 8.15. The van der Waals surface area contributed by atoms with Gasteiger partial charge < -0.3 is 15.0 Å². The summed E-state index contributed by atoms with van der Waals surface area (Å²) < 4.78 is 13.6. The van der Waals surface area contributed by atoms with Crippen LogP contribution in [0.25, 0.3) is 10.9 Å². The number of rotatable bonds is 3. The minimum absolute atomic E-state index is 0.00760. The van der Waals surface area contributed by atoms with Crippen molar-refractivity contribution < 1.29 is 14.3 Å². The average molecular weight is 236 g/mol. The maximum Gasteiger partial charge on any atom is 0.268 e. The number of fused-ring (bicyclic) bond motifs is 1. The van der Waals surface area contributed by atoms with E-state index in [0.29, 0.717) is 11.1 Å². The summed E-state index contributed by atoms with van der Waals surface area (Å²) in [4.78, 5) is 11.7. The van der Waals surface area contributed by atoms with E-state index in [-0.39, 0.29) is 18.2 Å². The van der Waals surface area contributed by atoms with Gasteiger partial charge in [0.25, 0.3) is 5.91 Å². The minimum atomic E-state index is -0.596. The van der Waals surface area contributed by atoms with Crippen LogP contribution in [0.3, 0.4) is 0 Å². The summed E-state index contributed by atoms with van der Waals surface area (Å²) in [6.07, 6.45) is 0. The van der Waals surface area contributed by atoms with Gasteiger partial charge in [0, 0.05) is 19.0 Å². The lowest BCUT2D eigenvalue weighted by Crippen LogP contribution is -2.27. The molecule has 2 aromatic rings. The molecule has 1 aromatic heterocycles. The van der Waals surface area contributed by atoms with Gasteiger partial charge in [-0.15, -0.1) is 0 Å². The van der Waals surface area contributed by atoms with Crippen molar-refractivity contribution >= 4 is 16.8 Å². The lowest BCUT2D eigenvalue weighted by Gasteiger charge is -2.04. The Labute approximate surface area is 97.7 Å². The molecule has 0 aliphatic heterocycles. The molecule has 2 N–H and O–H groups in total. The number of alkyl halides is 1. The zero-order chi connectivity index (χ0) is 12.4. The summed E-state index contributed by atoms with van der Waals surface area (Å²) >= 11 is 0. The minimum Gasteiger partial charge on any atom is -0.507 e. The second kappa shape index (κ2) is 4.45. The first-order valence-corrected chi connectivity index (χ1v) is 5.26. The van der Waals surface area contributed by atoms with Crippen LogP contribution in [0.4, 0.5) is 4.39 Å². The lowest BCUT2D eigenvalue weighted by molar-refractivity contribution is 0.0943. The number of aryl methyl sites for hydroxylation is 1. The topological polar surface area (TPSA) is 54.3 Å². The lowest BCUT2D eigenvalue weighted by atomic mass is 10.2. The third-order valence-corrected chi connectivity index (χ3v) is 2.68. The summed E-state index contributed by atoms with van der Waals surface area (Å²) in [7, 11) is 1.73. The standard InChI is InChI=1S/C12H13FN2O2/c1-15-9-3-2-4-11(16)8(9)7-10(15)12(17)14-6-5-13/h2-4,7,16H,5-6H2,1H3,(H,14,17). The average Bonchev–Trinajstić information content (AvgIpc) is 2.66. The van der Waals surface area contributed by atoms with Crippen LogP contribution in [0.2, 0.25) is 0 Å². The van der Waals surface area contributed by atoms with Crippen molar-refractivity contribution in [2.75, 3.05) is 13.2 Å². The molecule has 1 heterocycles. The Balaban J connectivity index is 2.45. The molecule has 90 valence electrons. The zero-order valence-electron chi connectivity index (χ0n) is 9.40. The Morgan fingerprint density at radius 3 is 2.94 bits per heavy atom. The molecule has 0 atom stereocenters. The van der Waals surface area contributed by atoms with E-state index in [9.17, 15) is 14.3 Å². The zero-order valence-corrected chi connectivity index (χ0v) is 9.40. The molecule has 2 rings (SSSR count). The molecule has 1 aromatic carbocycles. The maximum absolute atomic E-state index is 12.0. The Kier molecular flexibility index (Phi) is 2.99. The van der Waals surface area contributed by atoms with Gasteiger partial charge in [-0.2, -0.15) is 0 Å². The Morgan fingerprint density at radius 1 is 1.53 bits per heavy atom. The van der Waals surface area contributed by atoms with E-state index in [1.807, 2.05) is 0 Å². The van der Waals surface area contributed by atoms with E-state index < -0.39 is 6.67 Å². The first-order valence-electron chi connectivity index (χ1n) is 5.26. The summed E-state index contributed by atoms with van der Waals surface area (Å²) in [6.45, 7) is -0.604. The molecular formula is C12H13FN2O2. The quantitative estimate of drug-likeness (QED) is 0.850. The number of benzene rings is 1. The van der Waals surface area contributed by atoms with Gasteiger partial charge in [-0.05, 0) is 18.2 Å². The number of phenolic OH excluding ortho intramolecular Hbond substituents is 1. The molecule has 0 spiro atoms. The SMILES string of the molecule is Cn1c(C(=O)NCCF)cc2c(O)cccc21. The van der Waals surface area contributed by atoms with Gasteiger partial charge in [-0.1, -0.05) is 6.07 Å². The van der Waals surface area contributed by atoms with Crippen LogP contribution in [-0.2, 0) is 7.05 Å². The number of hydrogen-bond donors (Lipinski definition) is 2. The third kappa shape index (κ3) is 1.95. The van der Waals surface area contributed by atoms with Crippen LogP contribution in [-0.4, -0.2) is 28.8 Å². The number of halogens is 1. The van der Waals surface area contributed by atoms with Crippen LogP contribution >= 0.6 is 0 Å². The van der Waals surface area contributed by atoms with E-state index in [1.54, 1.807) is 35.9 Å². The fourth-order valence-corrected chi connectivity index (χ4v) is 1.81. The first kappa shape index (κ1) is 11.4. The van der Waals surface area contributed by atoms with Crippen molar-refractivity contribution in [2.24, 2.45) is 7.05 Å². The predicted molar refractivity (Wildman–Crippen MR) is 62.9 cm³/mol. The number of amides is 1. The summed E-state index contributed by atoms with van der Waals surface area (Å²) in [6, 6.07) is 6.67. The second-order valence-corrected chi connectivity index (χ2v) is 3.74. The number of phenols is 1. The number of hydrogen-bond acceptors (Lipinski definition) is 2. The molecule has 17 heavy (non-hydrogen) atoms. The van der Waals surface area contributed by atoms with Crippen LogP contribution in [0.15, 0.2) is 24.3 Å². The van der Waals surface area contributed by atoms with Gasteiger partial charge in [-0.3, -0.25) is 4.79 Å². The molecule has 0 bridgehead atoms.